The van der Waals surface area contributed by atoms with E-state index in [1.54, 1.807) is 18.2 Å². The zero-order valence-corrected chi connectivity index (χ0v) is 20.4. The van der Waals surface area contributed by atoms with E-state index in [0.29, 0.717) is 40.5 Å². The van der Waals surface area contributed by atoms with Gasteiger partial charge in [-0.25, -0.2) is 0 Å². The lowest BCUT2D eigenvalue weighted by Crippen LogP contribution is -2.45. The van der Waals surface area contributed by atoms with Crippen molar-refractivity contribution < 1.29 is 9.90 Å². The van der Waals surface area contributed by atoms with Crippen LogP contribution in [-0.2, 0) is 16.6 Å². The van der Waals surface area contributed by atoms with E-state index in [-0.39, 0.29) is 11.8 Å². The molecule has 0 radical (unpaired) electrons. The molecule has 2 aromatic rings. The second-order valence-corrected chi connectivity index (χ2v) is 10.4. The molecule has 0 spiro atoms. The number of carboxylic acids is 1. The minimum absolute atomic E-state index is 0.0627. The molecule has 35 heavy (non-hydrogen) atoms. The summed E-state index contributed by atoms with van der Waals surface area (Å²) in [5.74, 6) is -0.833. The molecule has 5 nitrogen and oxygen atoms in total. The molecule has 1 N–H and O–H groups in total. The Kier molecular flexibility index (Phi) is 6.95. The average molecular weight is 466 g/mol. The Balaban J connectivity index is 1.89. The minimum atomic E-state index is -0.833. The van der Waals surface area contributed by atoms with Crippen LogP contribution in [0.1, 0.15) is 98.9 Å². The average Bonchev–Trinajstić information content (AvgIpc) is 2.88. The SMILES string of the molecule is CCCC12CCC(c3c(CCCC(=O)O)cc(-c4cccc(C#N)c4)c(C#N)c3C#N)(CC1)CC2. The van der Waals surface area contributed by atoms with Crippen molar-refractivity contribution in [3.63, 3.8) is 0 Å². The molecule has 3 aliphatic rings. The Morgan fingerprint density at radius 3 is 2.23 bits per heavy atom. The predicted octanol–water partition coefficient (Wildman–Crippen LogP) is 6.77. The molecule has 0 saturated heterocycles. The first-order valence-corrected chi connectivity index (χ1v) is 12.6. The normalized spacial score (nSPS) is 22.7. The number of nitrogens with zero attached hydrogens (tertiary/aromatic N) is 3. The lowest BCUT2D eigenvalue weighted by Gasteiger charge is -2.55. The van der Waals surface area contributed by atoms with Gasteiger partial charge in [0.1, 0.15) is 12.1 Å². The fraction of sp³-hybridized carbons (Fsp3) is 0.467. The third-order valence-electron chi connectivity index (χ3n) is 8.48. The van der Waals surface area contributed by atoms with E-state index < -0.39 is 5.97 Å². The van der Waals surface area contributed by atoms with Gasteiger partial charge in [0.25, 0.3) is 0 Å². The topological polar surface area (TPSA) is 109 Å². The number of aliphatic carboxylic acids is 1. The Labute approximate surface area is 207 Å². The molecular formula is C30H31N3O2. The number of hydrogen-bond donors (Lipinski definition) is 1. The van der Waals surface area contributed by atoms with Crippen molar-refractivity contribution in [1.29, 1.82) is 15.8 Å². The van der Waals surface area contributed by atoms with Gasteiger partial charge in [-0.05, 0) is 104 Å². The van der Waals surface area contributed by atoms with Gasteiger partial charge in [0, 0.05) is 12.0 Å². The molecule has 0 amide bonds. The Morgan fingerprint density at radius 2 is 1.66 bits per heavy atom. The summed E-state index contributed by atoms with van der Waals surface area (Å²) in [6.45, 7) is 2.25. The highest BCUT2D eigenvalue weighted by Gasteiger charge is 2.50. The maximum Gasteiger partial charge on any atom is 0.303 e. The molecular weight excluding hydrogens is 434 g/mol. The van der Waals surface area contributed by atoms with Gasteiger partial charge < -0.3 is 5.11 Å². The number of nitriles is 3. The van der Waals surface area contributed by atoms with E-state index in [1.807, 2.05) is 12.1 Å². The van der Waals surface area contributed by atoms with Crippen molar-refractivity contribution >= 4 is 5.97 Å². The number of benzene rings is 2. The lowest BCUT2D eigenvalue weighted by molar-refractivity contribution is -0.137. The fourth-order valence-electron chi connectivity index (χ4n) is 6.73. The molecule has 2 bridgehead atoms. The van der Waals surface area contributed by atoms with E-state index in [0.717, 1.165) is 55.2 Å². The van der Waals surface area contributed by atoms with Gasteiger partial charge >= 0.3 is 5.97 Å². The quantitative estimate of drug-likeness (QED) is 0.463. The largest absolute Gasteiger partial charge is 0.481 e. The Bertz CT molecular complexity index is 1250. The molecule has 0 atom stereocenters. The number of rotatable bonds is 8. The molecule has 2 aromatic carbocycles. The van der Waals surface area contributed by atoms with Gasteiger partial charge in [0.05, 0.1) is 22.8 Å². The highest BCUT2D eigenvalue weighted by molar-refractivity contribution is 5.78. The summed E-state index contributed by atoms with van der Waals surface area (Å²) >= 11 is 0. The fourth-order valence-corrected chi connectivity index (χ4v) is 6.73. The smallest absolute Gasteiger partial charge is 0.303 e. The van der Waals surface area contributed by atoms with Crippen molar-refractivity contribution in [1.82, 2.24) is 0 Å². The van der Waals surface area contributed by atoms with E-state index >= 15 is 0 Å². The second kappa shape index (κ2) is 9.93. The molecule has 5 heteroatoms. The standard InChI is InChI=1S/C30H31N3O2/c1-2-9-29-10-13-30(14-11-29,15-12-29)28-23(7-4-8-27(34)35)17-24(25(19-32)26(28)20-33)22-6-3-5-21(16-22)18-31/h3,5-6,16-17H,2,4,7-15H2,1H3,(H,34,35). The summed E-state index contributed by atoms with van der Waals surface area (Å²) in [5, 5.41) is 39.2. The number of carbonyl (C=O) groups is 1. The van der Waals surface area contributed by atoms with Gasteiger partial charge in [-0.3, -0.25) is 4.79 Å². The van der Waals surface area contributed by atoms with Crippen molar-refractivity contribution in [2.45, 2.75) is 83.0 Å². The lowest BCUT2D eigenvalue weighted by atomic mass is 9.50. The maximum absolute atomic E-state index is 11.3. The Hall–Kier alpha value is -3.62. The Morgan fingerprint density at radius 1 is 0.971 bits per heavy atom. The van der Waals surface area contributed by atoms with E-state index in [4.69, 9.17) is 0 Å². The van der Waals surface area contributed by atoms with Crippen LogP contribution in [-0.4, -0.2) is 11.1 Å². The van der Waals surface area contributed by atoms with Gasteiger partial charge in [-0.2, -0.15) is 15.8 Å². The van der Waals surface area contributed by atoms with E-state index in [1.165, 1.54) is 12.8 Å². The minimum Gasteiger partial charge on any atom is -0.481 e. The monoisotopic (exact) mass is 465 g/mol. The first-order chi connectivity index (χ1) is 16.9. The van der Waals surface area contributed by atoms with Crippen molar-refractivity contribution in [3.05, 3.63) is 58.1 Å². The molecule has 3 saturated carbocycles. The van der Waals surface area contributed by atoms with Crippen LogP contribution in [0.3, 0.4) is 0 Å². The summed E-state index contributed by atoms with van der Waals surface area (Å²) in [6, 6.07) is 16.0. The van der Waals surface area contributed by atoms with Crippen molar-refractivity contribution in [2.75, 3.05) is 0 Å². The molecule has 0 aromatic heterocycles. The maximum atomic E-state index is 11.3. The summed E-state index contributed by atoms with van der Waals surface area (Å²) in [7, 11) is 0. The van der Waals surface area contributed by atoms with Gasteiger partial charge in [0.15, 0.2) is 0 Å². The molecule has 0 unspecified atom stereocenters. The zero-order valence-electron chi connectivity index (χ0n) is 20.4. The molecule has 0 heterocycles. The molecule has 5 rings (SSSR count). The van der Waals surface area contributed by atoms with Crippen LogP contribution < -0.4 is 0 Å². The summed E-state index contributed by atoms with van der Waals surface area (Å²) in [5.41, 5.74) is 4.96. The molecule has 3 fully saturated rings. The van der Waals surface area contributed by atoms with Crippen LogP contribution in [0.5, 0.6) is 0 Å². The highest BCUT2D eigenvalue weighted by Crippen LogP contribution is 2.60. The van der Waals surface area contributed by atoms with Crippen LogP contribution in [0.15, 0.2) is 30.3 Å². The third kappa shape index (κ3) is 4.54. The van der Waals surface area contributed by atoms with Crippen molar-refractivity contribution in [3.8, 4) is 29.3 Å². The highest BCUT2D eigenvalue weighted by atomic mass is 16.4. The van der Waals surface area contributed by atoms with Gasteiger partial charge in [-0.15, -0.1) is 0 Å². The number of carboxylic acid groups (broad SMARTS) is 1. The van der Waals surface area contributed by atoms with Crippen LogP contribution >= 0.6 is 0 Å². The third-order valence-corrected chi connectivity index (χ3v) is 8.48. The van der Waals surface area contributed by atoms with Crippen LogP contribution in [0.4, 0.5) is 0 Å². The summed E-state index contributed by atoms with van der Waals surface area (Å²) in [4.78, 5) is 11.3. The molecule has 178 valence electrons. The van der Waals surface area contributed by atoms with Gasteiger partial charge in [0.2, 0.25) is 0 Å². The van der Waals surface area contributed by atoms with Crippen LogP contribution in [0.25, 0.3) is 11.1 Å². The molecule has 3 aliphatic carbocycles. The van der Waals surface area contributed by atoms with E-state index in [9.17, 15) is 25.7 Å². The summed E-state index contributed by atoms with van der Waals surface area (Å²) in [6.07, 6.45) is 10.0. The number of fused-ring (bicyclic) bond motifs is 3. The van der Waals surface area contributed by atoms with Crippen molar-refractivity contribution in [2.24, 2.45) is 5.41 Å². The van der Waals surface area contributed by atoms with E-state index in [2.05, 4.69) is 25.1 Å². The first-order valence-electron chi connectivity index (χ1n) is 12.6. The zero-order chi connectivity index (χ0) is 25.1. The van der Waals surface area contributed by atoms with Crippen LogP contribution in [0.2, 0.25) is 0 Å². The molecule has 0 aliphatic heterocycles. The number of aryl methyl sites for hydroxylation is 1. The first kappa shape index (κ1) is 24.5. The second-order valence-electron chi connectivity index (χ2n) is 10.4. The number of hydrogen-bond acceptors (Lipinski definition) is 4. The van der Waals surface area contributed by atoms with Crippen LogP contribution in [0, 0.1) is 39.4 Å². The predicted molar refractivity (Wildman–Crippen MR) is 133 cm³/mol. The van der Waals surface area contributed by atoms with Gasteiger partial charge in [-0.1, -0.05) is 25.5 Å². The summed E-state index contributed by atoms with van der Waals surface area (Å²) < 4.78 is 0.